The molecule has 8 nitrogen and oxygen atoms in total. The highest BCUT2D eigenvalue weighted by atomic mass is 127. The number of nitrogens with two attached hydrogens (primary N) is 1. The van der Waals surface area contributed by atoms with Crippen molar-refractivity contribution in [1.82, 2.24) is 0 Å². The zero-order valence-corrected chi connectivity index (χ0v) is 16.7. The van der Waals surface area contributed by atoms with Gasteiger partial charge in [-0.25, -0.2) is 0 Å². The largest absolute Gasteiger partial charge is 0.383 e. The van der Waals surface area contributed by atoms with Gasteiger partial charge in [-0.3, -0.25) is 15.1 Å². The Kier molecular flexibility index (Phi) is 9.37. The number of hydrogen-bond donors (Lipinski definition) is 3. The number of halogens is 1. The van der Waals surface area contributed by atoms with E-state index in [2.05, 4.69) is 15.6 Å². The van der Waals surface area contributed by atoms with E-state index in [4.69, 9.17) is 10.5 Å². The van der Waals surface area contributed by atoms with E-state index in [0.29, 0.717) is 25.7 Å². The van der Waals surface area contributed by atoms with Crippen LogP contribution in [0.4, 0.5) is 17.1 Å². The van der Waals surface area contributed by atoms with Gasteiger partial charge in [0.25, 0.3) is 5.69 Å². The molecule has 0 spiro atoms. The highest BCUT2D eigenvalue weighted by Gasteiger charge is 2.04. The average molecular weight is 471 g/mol. The molecule has 0 unspecified atom stereocenters. The van der Waals surface area contributed by atoms with Crippen molar-refractivity contribution in [3.05, 3.63) is 64.2 Å². The maximum absolute atomic E-state index is 10.6. The maximum atomic E-state index is 10.6. The van der Waals surface area contributed by atoms with Gasteiger partial charge in [0.2, 0.25) is 0 Å². The first-order chi connectivity index (χ1) is 12.1. The van der Waals surface area contributed by atoms with Crippen molar-refractivity contribution < 1.29 is 9.66 Å². The number of nitro benzene ring substituents is 1. The average Bonchev–Trinajstić information content (AvgIpc) is 2.61. The van der Waals surface area contributed by atoms with Crippen molar-refractivity contribution in [3.8, 4) is 0 Å². The van der Waals surface area contributed by atoms with Crippen LogP contribution >= 0.6 is 24.0 Å². The van der Waals surface area contributed by atoms with E-state index >= 15 is 0 Å². The van der Waals surface area contributed by atoms with E-state index in [1.165, 1.54) is 12.1 Å². The second-order valence-corrected chi connectivity index (χ2v) is 5.21. The molecule has 2 aromatic rings. The van der Waals surface area contributed by atoms with Crippen LogP contribution in [0.1, 0.15) is 5.56 Å². The molecule has 2 aromatic carbocycles. The number of para-hydroxylation sites is 1. The quantitative estimate of drug-likeness (QED) is 0.136. The SMILES string of the molecule is COCc1ccccc1NC(N)=NCCNc1ccc([N+](=O)[O-])cc1.I. The third kappa shape index (κ3) is 6.84. The molecule has 0 saturated carbocycles. The van der Waals surface area contributed by atoms with Crippen molar-refractivity contribution in [3.63, 3.8) is 0 Å². The molecule has 0 amide bonds. The van der Waals surface area contributed by atoms with Crippen LogP contribution in [0.3, 0.4) is 0 Å². The van der Waals surface area contributed by atoms with Crippen LogP contribution in [0.15, 0.2) is 53.5 Å². The number of anilines is 2. The molecule has 0 fully saturated rings. The Bertz CT molecular complexity index is 737. The summed E-state index contributed by atoms with van der Waals surface area (Å²) in [5, 5.41) is 16.8. The fourth-order valence-corrected chi connectivity index (χ4v) is 2.18. The number of non-ortho nitro benzene ring substituents is 1. The highest BCUT2D eigenvalue weighted by Crippen LogP contribution is 2.16. The molecule has 0 aromatic heterocycles. The Labute approximate surface area is 169 Å². The minimum atomic E-state index is -0.429. The van der Waals surface area contributed by atoms with Gasteiger partial charge in [-0.05, 0) is 18.2 Å². The van der Waals surface area contributed by atoms with E-state index in [0.717, 1.165) is 16.9 Å². The van der Waals surface area contributed by atoms with Crippen molar-refractivity contribution in [2.75, 3.05) is 30.8 Å². The van der Waals surface area contributed by atoms with E-state index in [9.17, 15) is 10.1 Å². The molecule has 140 valence electrons. The van der Waals surface area contributed by atoms with Gasteiger partial charge in [0, 0.05) is 42.7 Å². The van der Waals surface area contributed by atoms with Gasteiger partial charge in [0.05, 0.1) is 18.1 Å². The first-order valence-corrected chi connectivity index (χ1v) is 7.72. The van der Waals surface area contributed by atoms with Crippen molar-refractivity contribution in [1.29, 1.82) is 0 Å². The summed E-state index contributed by atoms with van der Waals surface area (Å²) in [4.78, 5) is 14.4. The summed E-state index contributed by atoms with van der Waals surface area (Å²) in [5.74, 6) is 0.314. The monoisotopic (exact) mass is 471 g/mol. The summed E-state index contributed by atoms with van der Waals surface area (Å²) < 4.78 is 5.15. The number of nitrogens with one attached hydrogen (secondary N) is 2. The fourth-order valence-electron chi connectivity index (χ4n) is 2.18. The number of guanidine groups is 1. The Morgan fingerprint density at radius 2 is 1.92 bits per heavy atom. The van der Waals surface area contributed by atoms with Gasteiger partial charge >= 0.3 is 0 Å². The summed E-state index contributed by atoms with van der Waals surface area (Å²) in [7, 11) is 1.64. The molecule has 0 bridgehead atoms. The Hall–Kier alpha value is -2.40. The zero-order chi connectivity index (χ0) is 18.1. The number of rotatable bonds is 8. The lowest BCUT2D eigenvalue weighted by Crippen LogP contribution is -2.24. The molecule has 4 N–H and O–H groups in total. The normalized spacial score (nSPS) is 10.7. The maximum Gasteiger partial charge on any atom is 0.269 e. The third-order valence-corrected chi connectivity index (χ3v) is 3.38. The Morgan fingerprint density at radius 3 is 2.58 bits per heavy atom. The molecule has 0 saturated heterocycles. The number of ether oxygens (including phenoxy) is 1. The van der Waals surface area contributed by atoms with E-state index in [1.807, 2.05) is 24.3 Å². The number of benzene rings is 2. The molecule has 2 rings (SSSR count). The second kappa shape index (κ2) is 11.3. The van der Waals surface area contributed by atoms with Crippen LogP contribution in [0.5, 0.6) is 0 Å². The van der Waals surface area contributed by atoms with Crippen LogP contribution < -0.4 is 16.4 Å². The summed E-state index contributed by atoms with van der Waals surface area (Å²) in [6.45, 7) is 1.50. The summed E-state index contributed by atoms with van der Waals surface area (Å²) in [6.07, 6.45) is 0. The van der Waals surface area contributed by atoms with Gasteiger partial charge in [-0.2, -0.15) is 0 Å². The molecule has 9 heteroatoms. The molecule has 0 aliphatic rings. The lowest BCUT2D eigenvalue weighted by Gasteiger charge is -2.11. The van der Waals surface area contributed by atoms with Crippen LogP contribution in [-0.2, 0) is 11.3 Å². The van der Waals surface area contributed by atoms with Gasteiger partial charge < -0.3 is 21.1 Å². The van der Waals surface area contributed by atoms with Crippen LogP contribution in [0.2, 0.25) is 0 Å². The molecule has 0 atom stereocenters. The zero-order valence-electron chi connectivity index (χ0n) is 14.3. The first kappa shape index (κ1) is 21.6. The third-order valence-electron chi connectivity index (χ3n) is 3.38. The summed E-state index contributed by atoms with van der Waals surface area (Å²) >= 11 is 0. The van der Waals surface area contributed by atoms with Gasteiger partial charge in [0.15, 0.2) is 5.96 Å². The number of hydrogen-bond acceptors (Lipinski definition) is 5. The lowest BCUT2D eigenvalue weighted by molar-refractivity contribution is -0.384. The highest BCUT2D eigenvalue weighted by molar-refractivity contribution is 14.0. The minimum Gasteiger partial charge on any atom is -0.383 e. The Balaban J connectivity index is 0.00000338. The minimum absolute atomic E-state index is 0. The number of methoxy groups -OCH3 is 1. The fraction of sp³-hybridized carbons (Fsp3) is 0.235. The Morgan fingerprint density at radius 1 is 1.23 bits per heavy atom. The number of nitro groups is 1. The standard InChI is InChI=1S/C17H21N5O3.HI/c1-25-12-13-4-2-3-5-16(13)21-17(18)20-11-10-19-14-6-8-15(9-7-14)22(23)24;/h2-9,19H,10-12H2,1H3,(H3,18,20,21);1H. The predicted octanol–water partition coefficient (Wildman–Crippen LogP) is 3.20. The lowest BCUT2D eigenvalue weighted by atomic mass is 10.2. The molecule has 26 heavy (non-hydrogen) atoms. The van der Waals surface area contributed by atoms with Crippen LogP contribution in [0, 0.1) is 10.1 Å². The number of aliphatic imine (C=N–C) groups is 1. The van der Waals surface area contributed by atoms with Crippen molar-refractivity contribution in [2.45, 2.75) is 6.61 Å². The smallest absolute Gasteiger partial charge is 0.269 e. The van der Waals surface area contributed by atoms with Gasteiger partial charge in [-0.1, -0.05) is 18.2 Å². The van der Waals surface area contributed by atoms with Gasteiger partial charge in [0.1, 0.15) is 0 Å². The van der Waals surface area contributed by atoms with Crippen molar-refractivity contribution in [2.24, 2.45) is 10.7 Å². The van der Waals surface area contributed by atoms with E-state index in [-0.39, 0.29) is 29.7 Å². The van der Waals surface area contributed by atoms with Crippen LogP contribution in [-0.4, -0.2) is 31.1 Å². The van der Waals surface area contributed by atoms with Crippen molar-refractivity contribution >= 4 is 47.0 Å². The predicted molar refractivity (Wildman–Crippen MR) is 114 cm³/mol. The van der Waals surface area contributed by atoms with Gasteiger partial charge in [-0.15, -0.1) is 24.0 Å². The summed E-state index contributed by atoms with van der Waals surface area (Å²) in [6, 6.07) is 13.9. The van der Waals surface area contributed by atoms with E-state index < -0.39 is 4.92 Å². The molecule has 0 aliphatic carbocycles. The molecular weight excluding hydrogens is 449 g/mol. The topological polar surface area (TPSA) is 115 Å². The molecule has 0 heterocycles. The summed E-state index contributed by atoms with van der Waals surface area (Å²) in [5.41, 5.74) is 8.60. The molecule has 0 aliphatic heterocycles. The number of nitrogens with zero attached hydrogens (tertiary/aromatic N) is 2. The molecule has 0 radical (unpaired) electrons. The van der Waals surface area contributed by atoms with E-state index in [1.54, 1.807) is 19.2 Å². The first-order valence-electron chi connectivity index (χ1n) is 7.72. The second-order valence-electron chi connectivity index (χ2n) is 5.21. The molecular formula is C17H22IN5O3. The van der Waals surface area contributed by atoms with Crippen LogP contribution in [0.25, 0.3) is 0 Å².